The van der Waals surface area contributed by atoms with Crippen LogP contribution in [0.2, 0.25) is 0 Å². The number of thioether (sulfide) groups is 1. The van der Waals surface area contributed by atoms with Gasteiger partial charge in [0.15, 0.2) is 0 Å². The number of nitrogens with two attached hydrogens (primary N) is 1. The van der Waals surface area contributed by atoms with Gasteiger partial charge in [-0.1, -0.05) is 37.3 Å². The second kappa shape index (κ2) is 6.28. The van der Waals surface area contributed by atoms with E-state index in [1.165, 1.54) is 5.56 Å². The monoisotopic (exact) mass is 239 g/mol. The Morgan fingerprint density at radius 1 is 1.38 bits per heavy atom. The maximum atomic E-state index is 9.85. The van der Waals surface area contributed by atoms with Crippen molar-refractivity contribution in [3.8, 4) is 0 Å². The molecule has 16 heavy (non-hydrogen) atoms. The first-order valence-electron chi connectivity index (χ1n) is 5.61. The first-order chi connectivity index (χ1) is 7.53. The van der Waals surface area contributed by atoms with Crippen molar-refractivity contribution in [3.05, 3.63) is 35.9 Å². The lowest BCUT2D eigenvalue weighted by Gasteiger charge is -2.24. The van der Waals surface area contributed by atoms with Crippen molar-refractivity contribution in [1.29, 1.82) is 0 Å². The Balaban J connectivity index is 2.33. The summed E-state index contributed by atoms with van der Waals surface area (Å²) < 4.78 is 0. The van der Waals surface area contributed by atoms with Crippen LogP contribution in [0.15, 0.2) is 30.3 Å². The highest BCUT2D eigenvalue weighted by molar-refractivity contribution is 7.99. The molecule has 0 spiro atoms. The quantitative estimate of drug-likeness (QED) is 0.801. The third kappa shape index (κ3) is 5.01. The summed E-state index contributed by atoms with van der Waals surface area (Å²) in [5.41, 5.74) is 6.10. The number of hydrogen-bond donors (Lipinski definition) is 2. The first-order valence-corrected chi connectivity index (χ1v) is 6.66. The van der Waals surface area contributed by atoms with Gasteiger partial charge in [0.1, 0.15) is 0 Å². The average molecular weight is 239 g/mol. The molecule has 0 radical (unpaired) electrons. The smallest absolute Gasteiger partial charge is 0.0751 e. The molecule has 90 valence electrons. The van der Waals surface area contributed by atoms with Crippen molar-refractivity contribution in [2.75, 3.05) is 6.54 Å². The third-order valence-electron chi connectivity index (χ3n) is 2.54. The molecular weight excluding hydrogens is 218 g/mol. The summed E-state index contributed by atoms with van der Waals surface area (Å²) in [5, 5.41) is 10.3. The standard InChI is InChI=1S/C13H21NOS/c1-11(8-13(2,15)10-14)16-9-12-6-4-3-5-7-12/h3-7,11,15H,8-10,14H2,1-2H3. The number of aliphatic hydroxyl groups is 1. The minimum Gasteiger partial charge on any atom is -0.389 e. The van der Waals surface area contributed by atoms with Gasteiger partial charge in [-0.2, -0.15) is 11.8 Å². The van der Waals surface area contributed by atoms with Crippen LogP contribution in [0, 0.1) is 0 Å². The van der Waals surface area contributed by atoms with Gasteiger partial charge in [0.05, 0.1) is 5.60 Å². The lowest BCUT2D eigenvalue weighted by atomic mass is 10.0. The minimum atomic E-state index is -0.733. The number of benzene rings is 1. The van der Waals surface area contributed by atoms with Crippen molar-refractivity contribution >= 4 is 11.8 Å². The van der Waals surface area contributed by atoms with Gasteiger partial charge in [0, 0.05) is 17.5 Å². The van der Waals surface area contributed by atoms with Crippen molar-refractivity contribution in [2.45, 2.75) is 36.9 Å². The van der Waals surface area contributed by atoms with Crippen molar-refractivity contribution in [2.24, 2.45) is 5.73 Å². The van der Waals surface area contributed by atoms with Crippen LogP contribution in [0.5, 0.6) is 0 Å². The summed E-state index contributed by atoms with van der Waals surface area (Å²) in [6.07, 6.45) is 0.737. The van der Waals surface area contributed by atoms with Gasteiger partial charge in [-0.15, -0.1) is 0 Å². The molecule has 0 aliphatic carbocycles. The van der Waals surface area contributed by atoms with Crippen molar-refractivity contribution in [1.82, 2.24) is 0 Å². The Kier molecular flexibility index (Phi) is 5.32. The number of hydrogen-bond acceptors (Lipinski definition) is 3. The topological polar surface area (TPSA) is 46.2 Å². The van der Waals surface area contributed by atoms with Gasteiger partial charge in [-0.25, -0.2) is 0 Å². The molecule has 2 nitrogen and oxygen atoms in total. The van der Waals surface area contributed by atoms with E-state index >= 15 is 0 Å². The van der Waals surface area contributed by atoms with Gasteiger partial charge in [-0.3, -0.25) is 0 Å². The predicted octanol–water partition coefficient (Wildman–Crippen LogP) is 2.41. The summed E-state index contributed by atoms with van der Waals surface area (Å²) in [6, 6.07) is 10.4. The molecular formula is C13H21NOS. The fourth-order valence-electron chi connectivity index (χ4n) is 1.57. The SMILES string of the molecule is CC(CC(C)(O)CN)SCc1ccccc1. The van der Waals surface area contributed by atoms with Crippen LogP contribution in [0.3, 0.4) is 0 Å². The maximum Gasteiger partial charge on any atom is 0.0751 e. The fourth-order valence-corrected chi connectivity index (χ4v) is 2.72. The molecule has 0 amide bonds. The van der Waals surface area contributed by atoms with Crippen LogP contribution in [0.25, 0.3) is 0 Å². The van der Waals surface area contributed by atoms with Crippen LogP contribution in [0.4, 0.5) is 0 Å². The maximum absolute atomic E-state index is 9.85. The van der Waals surface area contributed by atoms with Crippen LogP contribution in [-0.2, 0) is 5.75 Å². The number of rotatable bonds is 6. The summed E-state index contributed by atoms with van der Waals surface area (Å²) in [6.45, 7) is 4.26. The molecule has 1 aromatic rings. The molecule has 0 bridgehead atoms. The van der Waals surface area contributed by atoms with Gasteiger partial charge in [-0.05, 0) is 18.9 Å². The molecule has 2 atom stereocenters. The average Bonchev–Trinajstić information content (AvgIpc) is 2.27. The summed E-state index contributed by atoms with van der Waals surface area (Å²) in [7, 11) is 0. The highest BCUT2D eigenvalue weighted by Gasteiger charge is 2.21. The second-order valence-electron chi connectivity index (χ2n) is 4.51. The molecule has 3 heteroatoms. The molecule has 3 N–H and O–H groups in total. The van der Waals surface area contributed by atoms with E-state index in [2.05, 4.69) is 31.2 Å². The van der Waals surface area contributed by atoms with E-state index in [1.807, 2.05) is 17.8 Å². The lowest BCUT2D eigenvalue weighted by molar-refractivity contribution is 0.0608. The first kappa shape index (κ1) is 13.6. The summed E-state index contributed by atoms with van der Waals surface area (Å²) in [5.74, 6) is 0.989. The highest BCUT2D eigenvalue weighted by atomic mass is 32.2. The Labute approximate surface area is 102 Å². The molecule has 0 aliphatic rings. The largest absolute Gasteiger partial charge is 0.389 e. The Hall–Kier alpha value is -0.510. The van der Waals surface area contributed by atoms with Gasteiger partial charge in [0.25, 0.3) is 0 Å². The van der Waals surface area contributed by atoms with E-state index in [0.29, 0.717) is 11.8 Å². The van der Waals surface area contributed by atoms with E-state index in [9.17, 15) is 5.11 Å². The molecule has 0 aromatic heterocycles. The van der Waals surface area contributed by atoms with E-state index in [-0.39, 0.29) is 0 Å². The van der Waals surface area contributed by atoms with E-state index in [4.69, 9.17) is 5.73 Å². The van der Waals surface area contributed by atoms with Crippen LogP contribution >= 0.6 is 11.8 Å². The van der Waals surface area contributed by atoms with Gasteiger partial charge in [0.2, 0.25) is 0 Å². The van der Waals surface area contributed by atoms with E-state index in [0.717, 1.165) is 12.2 Å². The molecule has 0 aliphatic heterocycles. The molecule has 0 saturated carbocycles. The molecule has 1 aromatic carbocycles. The summed E-state index contributed by atoms with van der Waals surface area (Å²) in [4.78, 5) is 0. The molecule has 2 unspecified atom stereocenters. The Morgan fingerprint density at radius 2 is 2.00 bits per heavy atom. The van der Waals surface area contributed by atoms with Crippen LogP contribution in [-0.4, -0.2) is 22.5 Å². The van der Waals surface area contributed by atoms with Gasteiger partial charge < -0.3 is 10.8 Å². The van der Waals surface area contributed by atoms with Crippen LogP contribution in [0.1, 0.15) is 25.8 Å². The zero-order valence-corrected chi connectivity index (χ0v) is 10.8. The van der Waals surface area contributed by atoms with Crippen molar-refractivity contribution < 1.29 is 5.11 Å². The zero-order chi connectivity index (χ0) is 12.0. The summed E-state index contributed by atoms with van der Waals surface area (Å²) >= 11 is 1.86. The Bertz CT molecular complexity index is 300. The Morgan fingerprint density at radius 3 is 2.56 bits per heavy atom. The highest BCUT2D eigenvalue weighted by Crippen LogP contribution is 2.24. The van der Waals surface area contributed by atoms with Gasteiger partial charge >= 0.3 is 0 Å². The van der Waals surface area contributed by atoms with E-state index < -0.39 is 5.60 Å². The normalized spacial score (nSPS) is 16.8. The lowest BCUT2D eigenvalue weighted by Crippen LogP contribution is -2.36. The molecule has 0 fully saturated rings. The third-order valence-corrected chi connectivity index (χ3v) is 3.78. The van der Waals surface area contributed by atoms with E-state index in [1.54, 1.807) is 6.92 Å². The molecule has 0 saturated heterocycles. The minimum absolute atomic E-state index is 0.323. The fraction of sp³-hybridized carbons (Fsp3) is 0.538. The predicted molar refractivity (Wildman–Crippen MR) is 71.5 cm³/mol. The zero-order valence-electron chi connectivity index (χ0n) is 10.0. The molecule has 1 rings (SSSR count). The van der Waals surface area contributed by atoms with Crippen molar-refractivity contribution in [3.63, 3.8) is 0 Å². The second-order valence-corrected chi connectivity index (χ2v) is 5.94. The molecule has 0 heterocycles. The van der Waals surface area contributed by atoms with Crippen LogP contribution < -0.4 is 5.73 Å².